The van der Waals surface area contributed by atoms with Gasteiger partial charge in [-0.2, -0.15) is 4.39 Å². The first-order valence-corrected chi connectivity index (χ1v) is 5.11. The van der Waals surface area contributed by atoms with Crippen molar-refractivity contribution in [3.05, 3.63) is 54.1 Å². The molecule has 0 aliphatic rings. The third kappa shape index (κ3) is 2.16. The van der Waals surface area contributed by atoms with Gasteiger partial charge < -0.3 is 0 Å². The minimum atomic E-state index is -0.495. The Morgan fingerprint density at radius 2 is 1.80 bits per heavy atom. The highest BCUT2D eigenvalue weighted by Crippen LogP contribution is 2.23. The van der Waals surface area contributed by atoms with Crippen LogP contribution in [0.2, 0.25) is 0 Å². The molecule has 0 spiro atoms. The van der Waals surface area contributed by atoms with Crippen LogP contribution in [-0.2, 0) is 5.88 Å². The van der Waals surface area contributed by atoms with E-state index in [1.807, 2.05) is 30.3 Å². The Kier molecular flexibility index (Phi) is 2.97. The van der Waals surface area contributed by atoms with Gasteiger partial charge in [-0.1, -0.05) is 30.3 Å². The normalized spacial score (nSPS) is 10.3. The first-order valence-electron chi connectivity index (χ1n) is 4.58. The molecule has 0 aliphatic carbocycles. The molecular formula is C12H9ClFN. The van der Waals surface area contributed by atoms with E-state index in [9.17, 15) is 4.39 Å². The molecular weight excluding hydrogens is 213 g/mol. The van der Waals surface area contributed by atoms with Gasteiger partial charge in [-0.25, -0.2) is 4.98 Å². The van der Waals surface area contributed by atoms with Crippen LogP contribution in [0.4, 0.5) is 4.39 Å². The van der Waals surface area contributed by atoms with Gasteiger partial charge in [-0.15, -0.1) is 11.6 Å². The lowest BCUT2D eigenvalue weighted by Crippen LogP contribution is -1.93. The van der Waals surface area contributed by atoms with Gasteiger partial charge in [0.2, 0.25) is 5.95 Å². The quantitative estimate of drug-likeness (QED) is 0.558. The Hall–Kier alpha value is -1.41. The van der Waals surface area contributed by atoms with Crippen molar-refractivity contribution in [3.8, 4) is 11.1 Å². The van der Waals surface area contributed by atoms with Crippen LogP contribution >= 0.6 is 11.6 Å². The van der Waals surface area contributed by atoms with E-state index in [4.69, 9.17) is 11.6 Å². The van der Waals surface area contributed by atoms with Gasteiger partial charge in [0.25, 0.3) is 0 Å². The van der Waals surface area contributed by atoms with E-state index in [1.165, 1.54) is 6.07 Å². The summed E-state index contributed by atoms with van der Waals surface area (Å²) >= 11 is 5.72. The lowest BCUT2D eigenvalue weighted by molar-refractivity contribution is 0.580. The monoisotopic (exact) mass is 221 g/mol. The summed E-state index contributed by atoms with van der Waals surface area (Å²) in [6.07, 6.45) is 0. The largest absolute Gasteiger partial charge is 0.223 e. The summed E-state index contributed by atoms with van der Waals surface area (Å²) < 4.78 is 12.9. The Balaban J connectivity index is 2.53. The maximum Gasteiger partial charge on any atom is 0.213 e. The number of pyridine rings is 1. The molecule has 0 N–H and O–H groups in total. The van der Waals surface area contributed by atoms with Gasteiger partial charge >= 0.3 is 0 Å². The fraction of sp³-hybridized carbons (Fsp3) is 0.0833. The molecule has 0 radical (unpaired) electrons. The predicted octanol–water partition coefficient (Wildman–Crippen LogP) is 3.63. The van der Waals surface area contributed by atoms with Crippen LogP contribution in [0.15, 0.2) is 42.5 Å². The highest BCUT2D eigenvalue weighted by molar-refractivity contribution is 6.17. The van der Waals surface area contributed by atoms with Crippen LogP contribution in [0.1, 0.15) is 5.69 Å². The zero-order valence-corrected chi connectivity index (χ0v) is 8.71. The van der Waals surface area contributed by atoms with Crippen molar-refractivity contribution in [2.45, 2.75) is 5.88 Å². The number of rotatable bonds is 2. The smallest absolute Gasteiger partial charge is 0.213 e. The van der Waals surface area contributed by atoms with Crippen molar-refractivity contribution in [1.29, 1.82) is 0 Å². The number of benzene rings is 1. The third-order valence-electron chi connectivity index (χ3n) is 2.15. The van der Waals surface area contributed by atoms with Crippen LogP contribution in [0, 0.1) is 5.95 Å². The minimum Gasteiger partial charge on any atom is -0.223 e. The second kappa shape index (κ2) is 4.41. The number of aromatic nitrogens is 1. The van der Waals surface area contributed by atoms with E-state index in [1.54, 1.807) is 6.07 Å². The second-order valence-corrected chi connectivity index (χ2v) is 3.40. The molecule has 1 aromatic heterocycles. The molecule has 0 atom stereocenters. The molecule has 0 bridgehead atoms. The van der Waals surface area contributed by atoms with Crippen LogP contribution in [0.25, 0.3) is 11.1 Å². The van der Waals surface area contributed by atoms with Crippen molar-refractivity contribution in [3.63, 3.8) is 0 Å². The molecule has 0 fully saturated rings. The summed E-state index contributed by atoms with van der Waals surface area (Å²) in [6.45, 7) is 0. The van der Waals surface area contributed by atoms with Crippen LogP contribution < -0.4 is 0 Å². The Morgan fingerprint density at radius 1 is 1.07 bits per heavy atom. The zero-order valence-electron chi connectivity index (χ0n) is 7.95. The van der Waals surface area contributed by atoms with E-state index in [0.717, 1.165) is 11.1 Å². The summed E-state index contributed by atoms with van der Waals surface area (Å²) in [6, 6.07) is 12.7. The van der Waals surface area contributed by atoms with Crippen molar-refractivity contribution in [2.24, 2.45) is 0 Å². The molecule has 0 aliphatic heterocycles. The molecule has 0 saturated heterocycles. The van der Waals surface area contributed by atoms with E-state index >= 15 is 0 Å². The molecule has 1 heterocycles. The minimum absolute atomic E-state index is 0.210. The van der Waals surface area contributed by atoms with Crippen molar-refractivity contribution >= 4 is 11.6 Å². The van der Waals surface area contributed by atoms with E-state index in [0.29, 0.717) is 5.69 Å². The molecule has 15 heavy (non-hydrogen) atoms. The standard InChI is InChI=1S/C12H9ClFN/c13-8-11-10(6-7-12(14)15-11)9-4-2-1-3-5-9/h1-7H,8H2. The van der Waals surface area contributed by atoms with Crippen LogP contribution in [0.3, 0.4) is 0 Å². The number of halogens is 2. The Bertz CT molecular complexity index is 456. The molecule has 0 amide bonds. The number of hydrogen-bond acceptors (Lipinski definition) is 1. The molecule has 2 aromatic rings. The SMILES string of the molecule is Fc1ccc(-c2ccccc2)c(CCl)n1. The second-order valence-electron chi connectivity index (χ2n) is 3.13. The Morgan fingerprint density at radius 3 is 2.47 bits per heavy atom. The first-order chi connectivity index (χ1) is 7.31. The van der Waals surface area contributed by atoms with Gasteiger partial charge in [-0.3, -0.25) is 0 Å². The zero-order chi connectivity index (χ0) is 10.7. The van der Waals surface area contributed by atoms with Gasteiger partial charge in [0, 0.05) is 5.56 Å². The van der Waals surface area contributed by atoms with E-state index in [-0.39, 0.29) is 5.88 Å². The maximum absolute atomic E-state index is 12.9. The molecule has 76 valence electrons. The van der Waals surface area contributed by atoms with Crippen LogP contribution in [0.5, 0.6) is 0 Å². The lowest BCUT2D eigenvalue weighted by atomic mass is 10.1. The van der Waals surface area contributed by atoms with Gasteiger partial charge in [0.05, 0.1) is 11.6 Å². The van der Waals surface area contributed by atoms with E-state index in [2.05, 4.69) is 4.98 Å². The summed E-state index contributed by atoms with van der Waals surface area (Å²) in [7, 11) is 0. The summed E-state index contributed by atoms with van der Waals surface area (Å²) in [5.74, 6) is -0.285. The maximum atomic E-state index is 12.9. The fourth-order valence-corrected chi connectivity index (χ4v) is 1.66. The Labute approximate surface area is 92.5 Å². The number of hydrogen-bond donors (Lipinski definition) is 0. The highest BCUT2D eigenvalue weighted by Gasteiger charge is 2.06. The molecule has 1 aromatic carbocycles. The molecule has 2 rings (SSSR count). The number of nitrogens with zero attached hydrogens (tertiary/aromatic N) is 1. The van der Waals surface area contributed by atoms with Crippen molar-refractivity contribution in [2.75, 3.05) is 0 Å². The van der Waals surface area contributed by atoms with Crippen LogP contribution in [-0.4, -0.2) is 4.98 Å². The van der Waals surface area contributed by atoms with Gasteiger partial charge in [0.15, 0.2) is 0 Å². The lowest BCUT2D eigenvalue weighted by Gasteiger charge is -2.05. The summed E-state index contributed by atoms with van der Waals surface area (Å²) in [5.41, 5.74) is 2.45. The van der Waals surface area contributed by atoms with Gasteiger partial charge in [-0.05, 0) is 17.7 Å². The van der Waals surface area contributed by atoms with E-state index < -0.39 is 5.95 Å². The first kappa shape index (κ1) is 10.1. The number of alkyl halides is 1. The average Bonchev–Trinajstić information content (AvgIpc) is 2.30. The van der Waals surface area contributed by atoms with Crippen molar-refractivity contribution < 1.29 is 4.39 Å². The molecule has 3 heteroatoms. The highest BCUT2D eigenvalue weighted by atomic mass is 35.5. The summed E-state index contributed by atoms with van der Waals surface area (Å²) in [4.78, 5) is 3.77. The third-order valence-corrected chi connectivity index (χ3v) is 2.40. The van der Waals surface area contributed by atoms with Gasteiger partial charge in [0.1, 0.15) is 0 Å². The molecule has 0 saturated carbocycles. The topological polar surface area (TPSA) is 12.9 Å². The summed E-state index contributed by atoms with van der Waals surface area (Å²) in [5, 5.41) is 0. The average molecular weight is 222 g/mol. The molecule has 1 nitrogen and oxygen atoms in total. The fourth-order valence-electron chi connectivity index (χ4n) is 1.46. The van der Waals surface area contributed by atoms with Crippen molar-refractivity contribution in [1.82, 2.24) is 4.98 Å². The molecule has 0 unspecified atom stereocenters. The predicted molar refractivity (Wildman–Crippen MR) is 59.2 cm³/mol.